The van der Waals surface area contributed by atoms with Gasteiger partial charge in [-0.2, -0.15) is 0 Å². The van der Waals surface area contributed by atoms with Gasteiger partial charge in [0.2, 0.25) is 5.91 Å². The third-order valence-electron chi connectivity index (χ3n) is 2.65. The van der Waals surface area contributed by atoms with E-state index in [9.17, 15) is 4.79 Å². The SMILES string of the molecule is Nc1ccccc1NC(=O)CSCc1ccc(Cl)cc1. The molecule has 0 aliphatic heterocycles. The highest BCUT2D eigenvalue weighted by Gasteiger charge is 2.05. The van der Waals surface area contributed by atoms with Crippen molar-refractivity contribution in [3.05, 3.63) is 59.1 Å². The van der Waals surface area contributed by atoms with E-state index in [1.165, 1.54) is 0 Å². The second kappa shape index (κ2) is 7.22. The number of amides is 1. The summed E-state index contributed by atoms with van der Waals surface area (Å²) in [6.45, 7) is 0. The van der Waals surface area contributed by atoms with Gasteiger partial charge in [-0.25, -0.2) is 0 Å². The van der Waals surface area contributed by atoms with Gasteiger partial charge in [0, 0.05) is 10.8 Å². The molecule has 0 heterocycles. The first-order chi connectivity index (χ1) is 9.65. The molecule has 5 heteroatoms. The molecule has 0 aliphatic rings. The van der Waals surface area contributed by atoms with Gasteiger partial charge in [-0.05, 0) is 29.8 Å². The van der Waals surface area contributed by atoms with Gasteiger partial charge in [-0.3, -0.25) is 4.79 Å². The zero-order valence-electron chi connectivity index (χ0n) is 10.8. The second-order valence-corrected chi connectivity index (χ2v) is 5.68. The van der Waals surface area contributed by atoms with Crippen LogP contribution < -0.4 is 11.1 Å². The number of carbonyl (C=O) groups excluding carboxylic acids is 1. The largest absolute Gasteiger partial charge is 0.397 e. The molecule has 0 bridgehead atoms. The number of benzene rings is 2. The predicted octanol–water partition coefficient (Wildman–Crippen LogP) is 3.79. The summed E-state index contributed by atoms with van der Waals surface area (Å²) in [6.07, 6.45) is 0. The van der Waals surface area contributed by atoms with Gasteiger partial charge >= 0.3 is 0 Å². The topological polar surface area (TPSA) is 55.1 Å². The average Bonchev–Trinajstić information content (AvgIpc) is 2.44. The maximum atomic E-state index is 11.8. The minimum atomic E-state index is -0.0538. The monoisotopic (exact) mass is 306 g/mol. The Bertz CT molecular complexity index is 587. The van der Waals surface area contributed by atoms with Gasteiger partial charge in [0.25, 0.3) is 0 Å². The number of halogens is 1. The molecule has 0 aliphatic carbocycles. The summed E-state index contributed by atoms with van der Waals surface area (Å²) in [5.74, 6) is 1.10. The van der Waals surface area contributed by atoms with E-state index >= 15 is 0 Å². The molecule has 3 nitrogen and oxygen atoms in total. The summed E-state index contributed by atoms with van der Waals surface area (Å²) in [7, 11) is 0. The maximum absolute atomic E-state index is 11.8. The van der Waals surface area contributed by atoms with Gasteiger partial charge in [-0.1, -0.05) is 35.9 Å². The first kappa shape index (κ1) is 14.8. The molecule has 1 amide bonds. The van der Waals surface area contributed by atoms with Crippen LogP contribution in [0.5, 0.6) is 0 Å². The summed E-state index contributed by atoms with van der Waals surface area (Å²) in [5, 5.41) is 3.52. The van der Waals surface area contributed by atoms with E-state index in [0.717, 1.165) is 16.3 Å². The summed E-state index contributed by atoms with van der Waals surface area (Å²) >= 11 is 7.37. The van der Waals surface area contributed by atoms with Crippen LogP contribution >= 0.6 is 23.4 Å². The lowest BCUT2D eigenvalue weighted by Gasteiger charge is -2.07. The van der Waals surface area contributed by atoms with Crippen LogP contribution in [0.1, 0.15) is 5.56 Å². The fourth-order valence-electron chi connectivity index (χ4n) is 1.64. The number of nitrogens with one attached hydrogen (secondary N) is 1. The fraction of sp³-hybridized carbons (Fsp3) is 0.133. The number of hydrogen-bond acceptors (Lipinski definition) is 3. The highest BCUT2D eigenvalue weighted by molar-refractivity contribution is 7.99. The number of carbonyl (C=O) groups is 1. The van der Waals surface area contributed by atoms with Crippen LogP contribution in [0.4, 0.5) is 11.4 Å². The summed E-state index contributed by atoms with van der Waals surface area (Å²) in [6, 6.07) is 14.8. The highest BCUT2D eigenvalue weighted by atomic mass is 35.5. The Kier molecular flexibility index (Phi) is 5.32. The lowest BCUT2D eigenvalue weighted by atomic mass is 10.2. The molecule has 0 saturated carbocycles. The Morgan fingerprint density at radius 1 is 1.15 bits per heavy atom. The van der Waals surface area contributed by atoms with Crippen molar-refractivity contribution in [1.82, 2.24) is 0 Å². The molecular formula is C15H15ClN2OS. The van der Waals surface area contributed by atoms with Crippen LogP contribution in [0.2, 0.25) is 5.02 Å². The molecule has 0 unspecified atom stereocenters. The van der Waals surface area contributed by atoms with Crippen molar-refractivity contribution in [2.24, 2.45) is 0 Å². The van der Waals surface area contributed by atoms with Crippen molar-refractivity contribution in [3.63, 3.8) is 0 Å². The molecule has 0 spiro atoms. The van der Waals surface area contributed by atoms with Crippen molar-refractivity contribution in [3.8, 4) is 0 Å². The van der Waals surface area contributed by atoms with E-state index in [0.29, 0.717) is 17.1 Å². The Balaban J connectivity index is 1.78. The summed E-state index contributed by atoms with van der Waals surface area (Å²) in [4.78, 5) is 11.8. The molecule has 20 heavy (non-hydrogen) atoms. The maximum Gasteiger partial charge on any atom is 0.234 e. The van der Waals surface area contributed by atoms with Crippen molar-refractivity contribution >= 4 is 40.6 Å². The van der Waals surface area contributed by atoms with Gasteiger partial charge in [-0.15, -0.1) is 11.8 Å². The average molecular weight is 307 g/mol. The summed E-state index contributed by atoms with van der Waals surface area (Å²) in [5.41, 5.74) is 8.14. The first-order valence-corrected chi connectivity index (χ1v) is 7.65. The molecule has 0 saturated heterocycles. The quantitative estimate of drug-likeness (QED) is 0.826. The predicted molar refractivity (Wildman–Crippen MR) is 87.1 cm³/mol. The smallest absolute Gasteiger partial charge is 0.234 e. The third-order valence-corrected chi connectivity index (χ3v) is 3.91. The normalized spacial score (nSPS) is 10.2. The molecule has 0 radical (unpaired) electrons. The molecule has 0 fully saturated rings. The van der Waals surface area contributed by atoms with E-state index in [-0.39, 0.29) is 5.91 Å². The van der Waals surface area contributed by atoms with Crippen molar-refractivity contribution < 1.29 is 4.79 Å². The number of thioether (sulfide) groups is 1. The van der Waals surface area contributed by atoms with Crippen LogP contribution in [0.3, 0.4) is 0 Å². The zero-order valence-corrected chi connectivity index (χ0v) is 12.4. The molecule has 104 valence electrons. The van der Waals surface area contributed by atoms with Crippen LogP contribution in [-0.4, -0.2) is 11.7 Å². The van der Waals surface area contributed by atoms with Crippen molar-refractivity contribution in [2.45, 2.75) is 5.75 Å². The van der Waals surface area contributed by atoms with Gasteiger partial charge < -0.3 is 11.1 Å². The number of nitrogen functional groups attached to an aromatic ring is 1. The molecule has 0 aromatic heterocycles. The molecule has 2 aromatic rings. The van der Waals surface area contributed by atoms with Gasteiger partial charge in [0.1, 0.15) is 0 Å². The minimum Gasteiger partial charge on any atom is -0.397 e. The lowest BCUT2D eigenvalue weighted by molar-refractivity contribution is -0.113. The third kappa shape index (κ3) is 4.47. The fourth-order valence-corrected chi connectivity index (χ4v) is 2.55. The van der Waals surface area contributed by atoms with E-state index in [2.05, 4.69) is 5.32 Å². The zero-order chi connectivity index (χ0) is 14.4. The molecule has 0 atom stereocenters. The van der Waals surface area contributed by atoms with E-state index in [4.69, 9.17) is 17.3 Å². The first-order valence-electron chi connectivity index (χ1n) is 6.11. The molecule has 2 aromatic carbocycles. The number of rotatable bonds is 5. The van der Waals surface area contributed by atoms with E-state index in [1.807, 2.05) is 36.4 Å². The van der Waals surface area contributed by atoms with Gasteiger partial charge in [0.15, 0.2) is 0 Å². The van der Waals surface area contributed by atoms with Crippen LogP contribution in [0, 0.1) is 0 Å². The van der Waals surface area contributed by atoms with Crippen LogP contribution in [0.25, 0.3) is 0 Å². The Hall–Kier alpha value is -1.65. The Morgan fingerprint density at radius 3 is 2.55 bits per heavy atom. The lowest BCUT2D eigenvalue weighted by Crippen LogP contribution is -2.15. The molecular weight excluding hydrogens is 292 g/mol. The molecule has 3 N–H and O–H groups in total. The number of para-hydroxylation sites is 2. The van der Waals surface area contributed by atoms with Crippen molar-refractivity contribution in [2.75, 3.05) is 16.8 Å². The number of nitrogens with two attached hydrogens (primary N) is 1. The Labute approximate surface area is 127 Å². The van der Waals surface area contributed by atoms with E-state index in [1.54, 1.807) is 23.9 Å². The molecule has 2 rings (SSSR count). The standard InChI is InChI=1S/C15H15ClN2OS/c16-12-7-5-11(6-8-12)9-20-10-15(19)18-14-4-2-1-3-13(14)17/h1-8H,9-10,17H2,(H,18,19). The summed E-state index contributed by atoms with van der Waals surface area (Å²) < 4.78 is 0. The van der Waals surface area contributed by atoms with Gasteiger partial charge in [0.05, 0.1) is 17.1 Å². The Morgan fingerprint density at radius 2 is 1.85 bits per heavy atom. The van der Waals surface area contributed by atoms with Crippen LogP contribution in [-0.2, 0) is 10.5 Å². The number of hydrogen-bond donors (Lipinski definition) is 2. The van der Waals surface area contributed by atoms with Crippen LogP contribution in [0.15, 0.2) is 48.5 Å². The van der Waals surface area contributed by atoms with E-state index < -0.39 is 0 Å². The van der Waals surface area contributed by atoms with Crippen molar-refractivity contribution in [1.29, 1.82) is 0 Å². The second-order valence-electron chi connectivity index (χ2n) is 4.25. The minimum absolute atomic E-state index is 0.0538. The number of anilines is 2. The highest BCUT2D eigenvalue weighted by Crippen LogP contribution is 2.18.